The van der Waals surface area contributed by atoms with Gasteiger partial charge in [-0.1, -0.05) is 35.5 Å². The van der Waals surface area contributed by atoms with Crippen molar-refractivity contribution in [1.29, 1.82) is 0 Å². The minimum absolute atomic E-state index is 0.161. The third-order valence-corrected chi connectivity index (χ3v) is 6.67. The Hall–Kier alpha value is -3.62. The number of halogens is 1. The smallest absolute Gasteiger partial charge is 0.258 e. The summed E-state index contributed by atoms with van der Waals surface area (Å²) in [6.45, 7) is 1.98. The lowest BCUT2D eigenvalue weighted by atomic mass is 10.2. The van der Waals surface area contributed by atoms with Gasteiger partial charge in [0.2, 0.25) is 0 Å². The van der Waals surface area contributed by atoms with E-state index in [1.54, 1.807) is 13.2 Å². The Labute approximate surface area is 204 Å². The number of methoxy groups -OCH3 is 1. The highest BCUT2D eigenvalue weighted by atomic mass is 35.5. The lowest BCUT2D eigenvalue weighted by Gasteiger charge is -2.14. The van der Waals surface area contributed by atoms with Crippen molar-refractivity contribution >= 4 is 34.3 Å². The van der Waals surface area contributed by atoms with Gasteiger partial charge in [-0.05, 0) is 67.6 Å². The molecule has 1 atom stereocenters. The highest BCUT2D eigenvalue weighted by Crippen LogP contribution is 2.36. The highest BCUT2D eigenvalue weighted by molar-refractivity contribution is 7.99. The molecule has 9 heteroatoms. The molecule has 7 nitrogen and oxygen atoms in total. The molecule has 34 heavy (non-hydrogen) atoms. The van der Waals surface area contributed by atoms with E-state index in [-0.39, 0.29) is 10.8 Å². The van der Waals surface area contributed by atoms with E-state index >= 15 is 0 Å². The van der Waals surface area contributed by atoms with Gasteiger partial charge in [0.05, 0.1) is 23.3 Å². The number of H-pyrrole nitrogens is 1. The molecule has 0 aliphatic carbocycles. The number of ether oxygens (including phenoxy) is 1. The van der Waals surface area contributed by atoms with E-state index in [0.717, 1.165) is 17.0 Å². The molecule has 1 unspecified atom stereocenters. The summed E-state index contributed by atoms with van der Waals surface area (Å²) in [5.41, 5.74) is 2.26. The number of nitrogens with one attached hydrogen (secondary N) is 1. The van der Waals surface area contributed by atoms with Crippen molar-refractivity contribution in [1.82, 2.24) is 24.7 Å². The van der Waals surface area contributed by atoms with Crippen LogP contribution in [0.2, 0.25) is 5.02 Å². The van der Waals surface area contributed by atoms with Gasteiger partial charge in [0.25, 0.3) is 5.56 Å². The minimum Gasteiger partial charge on any atom is -0.497 e. The van der Waals surface area contributed by atoms with E-state index in [0.29, 0.717) is 32.7 Å². The summed E-state index contributed by atoms with van der Waals surface area (Å²) in [6, 6.07) is 22.4. The van der Waals surface area contributed by atoms with Crippen LogP contribution in [0.15, 0.2) is 82.7 Å². The zero-order valence-corrected chi connectivity index (χ0v) is 20.0. The molecule has 0 amide bonds. The number of fused-ring (bicyclic) bond motifs is 1. The van der Waals surface area contributed by atoms with E-state index in [4.69, 9.17) is 16.3 Å². The van der Waals surface area contributed by atoms with E-state index in [2.05, 4.69) is 20.2 Å². The number of rotatable bonds is 6. The largest absolute Gasteiger partial charge is 0.497 e. The van der Waals surface area contributed by atoms with Crippen molar-refractivity contribution in [3.8, 4) is 22.8 Å². The van der Waals surface area contributed by atoms with Crippen molar-refractivity contribution in [2.45, 2.75) is 17.3 Å². The van der Waals surface area contributed by atoms with Crippen molar-refractivity contribution < 1.29 is 4.74 Å². The maximum atomic E-state index is 12.6. The Morgan fingerprint density at radius 3 is 2.47 bits per heavy atom. The molecule has 5 aromatic rings. The molecule has 0 saturated carbocycles. The minimum atomic E-state index is -0.184. The van der Waals surface area contributed by atoms with Crippen LogP contribution in [0.4, 0.5) is 0 Å². The number of hydrogen-bond donors (Lipinski definition) is 1. The summed E-state index contributed by atoms with van der Waals surface area (Å²) in [4.78, 5) is 20.1. The summed E-state index contributed by atoms with van der Waals surface area (Å²) < 4.78 is 7.29. The van der Waals surface area contributed by atoms with Gasteiger partial charge in [-0.3, -0.25) is 9.36 Å². The van der Waals surface area contributed by atoms with Gasteiger partial charge in [0.1, 0.15) is 11.6 Å². The predicted molar refractivity (Wildman–Crippen MR) is 135 cm³/mol. The number of thioether (sulfide) groups is 1. The molecule has 0 saturated heterocycles. The van der Waals surface area contributed by atoms with Crippen LogP contribution in [0.1, 0.15) is 18.0 Å². The normalized spacial score (nSPS) is 12.1. The van der Waals surface area contributed by atoms with Gasteiger partial charge in [0, 0.05) is 16.3 Å². The molecule has 2 heterocycles. The van der Waals surface area contributed by atoms with Crippen LogP contribution < -0.4 is 10.3 Å². The maximum absolute atomic E-state index is 12.6. The molecule has 0 aliphatic heterocycles. The molecule has 0 bridgehead atoms. The molecule has 0 fully saturated rings. The average Bonchev–Trinajstić information content (AvgIpc) is 3.27. The first-order chi connectivity index (χ1) is 16.5. The molecule has 5 rings (SSSR count). The monoisotopic (exact) mass is 489 g/mol. The first kappa shape index (κ1) is 22.2. The second kappa shape index (κ2) is 9.32. The van der Waals surface area contributed by atoms with E-state index in [9.17, 15) is 4.79 Å². The summed E-state index contributed by atoms with van der Waals surface area (Å²) in [6.07, 6.45) is 0. The van der Waals surface area contributed by atoms with Crippen LogP contribution in [0.25, 0.3) is 28.0 Å². The second-order valence-electron chi connectivity index (χ2n) is 7.57. The fraction of sp³-hybridized carbons (Fsp3) is 0.120. The van der Waals surface area contributed by atoms with Crippen LogP contribution in [-0.4, -0.2) is 31.8 Å². The first-order valence-electron chi connectivity index (χ1n) is 10.5. The predicted octanol–water partition coefficient (Wildman–Crippen LogP) is 5.69. The van der Waals surface area contributed by atoms with Crippen molar-refractivity contribution in [3.63, 3.8) is 0 Å². The SMILES string of the molecule is COc1ccc(-n2c(SC(C)c3nc4ccccc4c(=O)[nH]3)nnc2-c2ccc(Cl)cc2)cc1. The number of benzene rings is 3. The van der Waals surface area contributed by atoms with Gasteiger partial charge in [-0.2, -0.15) is 0 Å². The molecular weight excluding hydrogens is 470 g/mol. The lowest BCUT2D eigenvalue weighted by Crippen LogP contribution is -2.13. The zero-order valence-electron chi connectivity index (χ0n) is 18.4. The van der Waals surface area contributed by atoms with Gasteiger partial charge in [-0.25, -0.2) is 4.98 Å². The molecule has 0 spiro atoms. The fourth-order valence-corrected chi connectivity index (χ4v) is 4.66. The Bertz CT molecular complexity index is 1510. The number of hydrogen-bond acceptors (Lipinski definition) is 6. The molecule has 3 aromatic carbocycles. The van der Waals surface area contributed by atoms with Gasteiger partial charge in [0.15, 0.2) is 11.0 Å². The fourth-order valence-electron chi connectivity index (χ4n) is 3.61. The maximum Gasteiger partial charge on any atom is 0.258 e. The van der Waals surface area contributed by atoms with Crippen molar-refractivity contribution in [2.75, 3.05) is 7.11 Å². The van der Waals surface area contributed by atoms with Crippen LogP contribution in [-0.2, 0) is 0 Å². The number of aromatic amines is 1. The number of nitrogens with zero attached hydrogens (tertiary/aromatic N) is 4. The second-order valence-corrected chi connectivity index (χ2v) is 9.32. The standard InChI is InChI=1S/C25H20ClN5O2S/c1-15(22-27-21-6-4-3-5-20(21)24(32)28-22)34-25-30-29-23(16-7-9-17(26)10-8-16)31(25)18-11-13-19(33-2)14-12-18/h3-15H,1-2H3,(H,27,28,32). The number of para-hydroxylation sites is 1. The average molecular weight is 490 g/mol. The van der Waals surface area contributed by atoms with E-state index in [1.165, 1.54) is 11.8 Å². The Kier molecular flexibility index (Phi) is 6.08. The van der Waals surface area contributed by atoms with E-state index in [1.807, 2.05) is 78.2 Å². The Morgan fingerprint density at radius 2 is 1.74 bits per heavy atom. The molecule has 170 valence electrons. The quantitative estimate of drug-likeness (QED) is 0.308. The molecule has 1 N–H and O–H groups in total. The molecule has 0 radical (unpaired) electrons. The molecule has 2 aromatic heterocycles. The van der Waals surface area contributed by atoms with Crippen LogP contribution in [0.5, 0.6) is 5.75 Å². The van der Waals surface area contributed by atoms with E-state index < -0.39 is 0 Å². The summed E-state index contributed by atoms with van der Waals surface area (Å²) in [5, 5.41) is 10.6. The van der Waals surface area contributed by atoms with Gasteiger partial charge in [-0.15, -0.1) is 10.2 Å². The first-order valence-corrected chi connectivity index (χ1v) is 11.8. The van der Waals surface area contributed by atoms with Crippen molar-refractivity contribution in [2.24, 2.45) is 0 Å². The Morgan fingerprint density at radius 1 is 1.00 bits per heavy atom. The summed E-state index contributed by atoms with van der Waals surface area (Å²) in [5.74, 6) is 2.01. The molecular formula is C25H20ClN5O2S. The Balaban J connectivity index is 1.57. The summed E-state index contributed by atoms with van der Waals surface area (Å²) in [7, 11) is 1.63. The topological polar surface area (TPSA) is 85.7 Å². The third-order valence-electron chi connectivity index (χ3n) is 5.36. The number of aromatic nitrogens is 5. The van der Waals surface area contributed by atoms with Crippen LogP contribution in [0.3, 0.4) is 0 Å². The zero-order chi connectivity index (χ0) is 23.7. The van der Waals surface area contributed by atoms with Gasteiger partial charge >= 0.3 is 0 Å². The lowest BCUT2D eigenvalue weighted by molar-refractivity contribution is 0.414. The van der Waals surface area contributed by atoms with Crippen LogP contribution in [0, 0.1) is 0 Å². The summed E-state index contributed by atoms with van der Waals surface area (Å²) >= 11 is 7.55. The van der Waals surface area contributed by atoms with Crippen LogP contribution >= 0.6 is 23.4 Å². The van der Waals surface area contributed by atoms with Crippen molar-refractivity contribution in [3.05, 3.63) is 94.0 Å². The van der Waals surface area contributed by atoms with Gasteiger partial charge < -0.3 is 9.72 Å². The molecule has 0 aliphatic rings. The highest BCUT2D eigenvalue weighted by Gasteiger charge is 2.21. The third kappa shape index (κ3) is 4.30.